The summed E-state index contributed by atoms with van der Waals surface area (Å²) in [4.78, 5) is 41.2. The largest absolute Gasteiger partial charge is 0.334 e. The predicted octanol–water partition coefficient (Wildman–Crippen LogP) is 2.44. The number of aromatic nitrogens is 2. The molecule has 1 unspecified atom stereocenters. The van der Waals surface area contributed by atoms with Crippen LogP contribution in [0.5, 0.6) is 0 Å². The highest BCUT2D eigenvalue weighted by molar-refractivity contribution is 8.00. The van der Waals surface area contributed by atoms with Crippen molar-refractivity contribution in [3.63, 3.8) is 0 Å². The molecule has 1 atom stereocenters. The first kappa shape index (κ1) is 19.6. The Balaban J connectivity index is 1.62. The molecule has 0 spiro atoms. The molecule has 2 N–H and O–H groups in total. The number of amides is 3. The van der Waals surface area contributed by atoms with Gasteiger partial charge in [-0.05, 0) is 24.6 Å². The minimum atomic E-state index is -0.610. The van der Waals surface area contributed by atoms with E-state index in [9.17, 15) is 14.4 Å². The number of benzene rings is 2. The van der Waals surface area contributed by atoms with Gasteiger partial charge in [0.15, 0.2) is 5.16 Å². The number of urea groups is 1. The summed E-state index contributed by atoms with van der Waals surface area (Å²) in [6, 6.07) is 15.9. The highest BCUT2D eigenvalue weighted by atomic mass is 32.2. The summed E-state index contributed by atoms with van der Waals surface area (Å²) in [5.41, 5.74) is 1.32. The third-order valence-corrected chi connectivity index (χ3v) is 5.27. The number of nitrogens with zero attached hydrogens (tertiary/aromatic N) is 2. The van der Waals surface area contributed by atoms with Crippen LogP contribution >= 0.6 is 11.8 Å². The van der Waals surface area contributed by atoms with Gasteiger partial charge >= 0.3 is 6.03 Å². The standard InChI is InChI=1S/C20H20N4O3S/c1-13(17(25)23-19(27)21-12-14-8-4-3-5-9-14)28-20-22-16-11-7-6-10-15(16)18(26)24(20)2/h3-11,13H,12H2,1-2H3,(H2,21,23,25,27). The van der Waals surface area contributed by atoms with Gasteiger partial charge in [-0.25, -0.2) is 9.78 Å². The zero-order valence-corrected chi connectivity index (χ0v) is 16.3. The lowest BCUT2D eigenvalue weighted by Crippen LogP contribution is -2.42. The number of rotatable bonds is 5. The van der Waals surface area contributed by atoms with Crippen molar-refractivity contribution in [2.45, 2.75) is 23.9 Å². The molecule has 0 radical (unpaired) electrons. The van der Waals surface area contributed by atoms with Gasteiger partial charge in [0.05, 0.1) is 16.2 Å². The second-order valence-electron chi connectivity index (χ2n) is 6.19. The average Bonchev–Trinajstić information content (AvgIpc) is 2.71. The van der Waals surface area contributed by atoms with Gasteiger partial charge in [0.2, 0.25) is 5.91 Å². The molecular weight excluding hydrogens is 376 g/mol. The zero-order chi connectivity index (χ0) is 20.1. The minimum Gasteiger partial charge on any atom is -0.334 e. The van der Waals surface area contributed by atoms with Gasteiger partial charge in [-0.1, -0.05) is 54.2 Å². The van der Waals surface area contributed by atoms with Gasteiger partial charge in [0.25, 0.3) is 5.56 Å². The summed E-state index contributed by atoms with van der Waals surface area (Å²) in [5, 5.41) is 5.28. The van der Waals surface area contributed by atoms with Gasteiger partial charge in [0.1, 0.15) is 0 Å². The Hall–Kier alpha value is -3.13. The van der Waals surface area contributed by atoms with Crippen LogP contribution in [-0.2, 0) is 18.4 Å². The van der Waals surface area contributed by atoms with Crippen molar-refractivity contribution >= 4 is 34.6 Å². The van der Waals surface area contributed by atoms with Crippen molar-refractivity contribution in [1.29, 1.82) is 0 Å². The Labute approximate surface area is 166 Å². The first-order chi connectivity index (χ1) is 13.5. The molecule has 2 aromatic carbocycles. The molecule has 0 aliphatic heterocycles. The van der Waals surface area contributed by atoms with Crippen LogP contribution in [0.2, 0.25) is 0 Å². The molecule has 0 saturated carbocycles. The zero-order valence-electron chi connectivity index (χ0n) is 15.5. The van der Waals surface area contributed by atoms with Crippen molar-refractivity contribution in [2.75, 3.05) is 0 Å². The first-order valence-electron chi connectivity index (χ1n) is 8.71. The van der Waals surface area contributed by atoms with Crippen LogP contribution in [0.4, 0.5) is 4.79 Å². The van der Waals surface area contributed by atoms with Crippen LogP contribution in [0.3, 0.4) is 0 Å². The van der Waals surface area contributed by atoms with Crippen LogP contribution in [0.25, 0.3) is 10.9 Å². The highest BCUT2D eigenvalue weighted by Crippen LogP contribution is 2.21. The van der Waals surface area contributed by atoms with E-state index in [1.54, 1.807) is 38.2 Å². The summed E-state index contributed by atoms with van der Waals surface area (Å²) >= 11 is 1.12. The molecule has 1 heterocycles. The van der Waals surface area contributed by atoms with Crippen molar-refractivity contribution in [3.05, 3.63) is 70.5 Å². The Kier molecular flexibility index (Phi) is 6.10. The second-order valence-corrected chi connectivity index (χ2v) is 7.50. The number of para-hydroxylation sites is 1. The Bertz CT molecular complexity index is 1070. The molecular formula is C20H20N4O3S. The van der Waals surface area contributed by atoms with E-state index in [2.05, 4.69) is 15.6 Å². The molecule has 7 nitrogen and oxygen atoms in total. The highest BCUT2D eigenvalue weighted by Gasteiger charge is 2.20. The number of imide groups is 1. The second kappa shape index (κ2) is 8.71. The Morgan fingerprint density at radius 2 is 1.79 bits per heavy atom. The normalized spacial score (nSPS) is 11.8. The lowest BCUT2D eigenvalue weighted by atomic mass is 10.2. The topological polar surface area (TPSA) is 93.1 Å². The quantitative estimate of drug-likeness (QED) is 0.510. The maximum absolute atomic E-state index is 12.4. The number of nitrogens with one attached hydrogen (secondary N) is 2. The fraction of sp³-hybridized carbons (Fsp3) is 0.200. The third-order valence-electron chi connectivity index (χ3n) is 4.13. The fourth-order valence-corrected chi connectivity index (χ4v) is 3.42. The van der Waals surface area contributed by atoms with E-state index in [4.69, 9.17) is 0 Å². The van der Waals surface area contributed by atoms with Crippen molar-refractivity contribution in [3.8, 4) is 0 Å². The summed E-state index contributed by atoms with van der Waals surface area (Å²) in [6.07, 6.45) is 0. The van der Waals surface area contributed by atoms with Gasteiger partial charge in [-0.2, -0.15) is 0 Å². The van der Waals surface area contributed by atoms with E-state index < -0.39 is 17.2 Å². The molecule has 8 heteroatoms. The molecule has 0 fully saturated rings. The van der Waals surface area contributed by atoms with Crippen LogP contribution in [0.15, 0.2) is 64.5 Å². The number of carbonyl (C=O) groups is 2. The molecule has 3 aromatic rings. The lowest BCUT2D eigenvalue weighted by molar-refractivity contribution is -0.119. The molecule has 0 aliphatic carbocycles. The number of hydrogen-bond acceptors (Lipinski definition) is 5. The van der Waals surface area contributed by atoms with E-state index in [1.807, 2.05) is 30.3 Å². The summed E-state index contributed by atoms with van der Waals surface area (Å²) < 4.78 is 1.41. The third kappa shape index (κ3) is 4.58. The van der Waals surface area contributed by atoms with Crippen molar-refractivity contribution in [2.24, 2.45) is 7.05 Å². The molecule has 0 saturated heterocycles. The summed E-state index contributed by atoms with van der Waals surface area (Å²) in [7, 11) is 1.61. The monoisotopic (exact) mass is 396 g/mol. The molecule has 144 valence electrons. The number of fused-ring (bicyclic) bond motifs is 1. The molecule has 1 aromatic heterocycles. The van der Waals surface area contributed by atoms with E-state index in [0.717, 1.165) is 17.3 Å². The molecule has 0 aliphatic rings. The minimum absolute atomic E-state index is 0.179. The predicted molar refractivity (Wildman–Crippen MR) is 109 cm³/mol. The van der Waals surface area contributed by atoms with Crippen molar-refractivity contribution < 1.29 is 9.59 Å². The molecule has 3 rings (SSSR count). The number of carbonyl (C=O) groups excluding carboxylic acids is 2. The van der Waals surface area contributed by atoms with Crippen LogP contribution in [0, 0.1) is 0 Å². The first-order valence-corrected chi connectivity index (χ1v) is 9.58. The van der Waals surface area contributed by atoms with Gasteiger partial charge in [-0.15, -0.1) is 0 Å². The number of thioether (sulfide) groups is 1. The summed E-state index contributed by atoms with van der Waals surface area (Å²) in [6.45, 7) is 1.98. The number of hydrogen-bond donors (Lipinski definition) is 2. The van der Waals surface area contributed by atoms with Gasteiger partial charge in [0, 0.05) is 13.6 Å². The van der Waals surface area contributed by atoms with Crippen LogP contribution in [0.1, 0.15) is 12.5 Å². The van der Waals surface area contributed by atoms with Crippen LogP contribution in [-0.4, -0.2) is 26.7 Å². The maximum atomic E-state index is 12.4. The van der Waals surface area contributed by atoms with Crippen molar-refractivity contribution in [1.82, 2.24) is 20.2 Å². The van der Waals surface area contributed by atoms with E-state index in [1.165, 1.54) is 4.57 Å². The molecule has 28 heavy (non-hydrogen) atoms. The lowest BCUT2D eigenvalue weighted by Gasteiger charge is -2.14. The van der Waals surface area contributed by atoms with E-state index in [-0.39, 0.29) is 5.56 Å². The maximum Gasteiger partial charge on any atom is 0.321 e. The molecule has 3 amide bonds. The van der Waals surface area contributed by atoms with E-state index in [0.29, 0.717) is 22.6 Å². The fourth-order valence-electron chi connectivity index (χ4n) is 2.55. The summed E-state index contributed by atoms with van der Waals surface area (Å²) in [5.74, 6) is -0.460. The average molecular weight is 396 g/mol. The van der Waals surface area contributed by atoms with Gasteiger partial charge < -0.3 is 5.32 Å². The molecule has 0 bridgehead atoms. The van der Waals surface area contributed by atoms with Gasteiger partial charge in [-0.3, -0.25) is 19.5 Å². The Morgan fingerprint density at radius 3 is 2.54 bits per heavy atom. The van der Waals surface area contributed by atoms with Crippen LogP contribution < -0.4 is 16.2 Å². The SMILES string of the molecule is CC(Sc1nc2ccccc2c(=O)n1C)C(=O)NC(=O)NCc1ccccc1. The Morgan fingerprint density at radius 1 is 1.11 bits per heavy atom. The smallest absolute Gasteiger partial charge is 0.321 e. The van der Waals surface area contributed by atoms with E-state index >= 15 is 0 Å².